The minimum Gasteiger partial charge on any atom is -0.456 e. The number of carbonyl (C=O) groups excluding carboxylic acids is 1. The third kappa shape index (κ3) is 3.85. The van der Waals surface area contributed by atoms with Crippen molar-refractivity contribution in [2.75, 3.05) is 5.32 Å². The van der Waals surface area contributed by atoms with Crippen LogP contribution in [0.3, 0.4) is 0 Å². The highest BCUT2D eigenvalue weighted by Crippen LogP contribution is 2.28. The van der Waals surface area contributed by atoms with Crippen LogP contribution in [0.4, 0.5) is 5.69 Å². The van der Waals surface area contributed by atoms with Crippen LogP contribution >= 0.6 is 0 Å². The number of allylic oxidation sites excluding steroid dienone is 2. The van der Waals surface area contributed by atoms with Crippen LogP contribution in [0.1, 0.15) is 37.0 Å². The highest BCUT2D eigenvalue weighted by atomic mass is 16.3. The Morgan fingerprint density at radius 2 is 1.89 bits per heavy atom. The third-order valence-electron chi connectivity index (χ3n) is 4.85. The molecule has 4 rings (SSSR count). The summed E-state index contributed by atoms with van der Waals surface area (Å²) in [7, 11) is 0. The number of benzene rings is 2. The van der Waals surface area contributed by atoms with Crippen LogP contribution in [0, 0.1) is 0 Å². The lowest BCUT2D eigenvalue weighted by Gasteiger charge is -2.13. The predicted molar refractivity (Wildman–Crippen MR) is 108 cm³/mol. The molecule has 1 aliphatic carbocycles. The van der Waals surface area contributed by atoms with Gasteiger partial charge < -0.3 is 9.73 Å². The van der Waals surface area contributed by atoms with Crippen LogP contribution in [-0.2, 0) is 11.2 Å². The molecule has 1 heterocycles. The minimum absolute atomic E-state index is 0.0666. The van der Waals surface area contributed by atoms with E-state index in [1.165, 1.54) is 6.42 Å². The van der Waals surface area contributed by atoms with E-state index in [0.29, 0.717) is 16.7 Å². The summed E-state index contributed by atoms with van der Waals surface area (Å²) in [6.07, 6.45) is 6.51. The second-order valence-electron chi connectivity index (χ2n) is 6.83. The molecule has 3 aromatic rings. The maximum atomic E-state index is 12.6. The van der Waals surface area contributed by atoms with E-state index in [2.05, 4.69) is 11.4 Å². The van der Waals surface area contributed by atoms with E-state index in [1.807, 2.05) is 36.4 Å². The number of hydrogen-bond acceptors (Lipinski definition) is 3. The molecule has 4 nitrogen and oxygen atoms in total. The number of hydrogen-bond donors (Lipinski definition) is 1. The first-order chi connectivity index (χ1) is 13.2. The summed E-state index contributed by atoms with van der Waals surface area (Å²) >= 11 is 0. The van der Waals surface area contributed by atoms with Crippen LogP contribution in [0.5, 0.6) is 0 Å². The minimum atomic E-state index is -0.140. The molecule has 2 aromatic carbocycles. The molecule has 0 fully saturated rings. The second kappa shape index (κ2) is 7.62. The Morgan fingerprint density at radius 1 is 1.04 bits per heavy atom. The van der Waals surface area contributed by atoms with Gasteiger partial charge in [0.15, 0.2) is 5.43 Å². The zero-order valence-electron chi connectivity index (χ0n) is 15.0. The smallest absolute Gasteiger partial charge is 0.228 e. The van der Waals surface area contributed by atoms with E-state index >= 15 is 0 Å². The molecule has 0 saturated carbocycles. The third-order valence-corrected chi connectivity index (χ3v) is 4.85. The Labute approximate surface area is 157 Å². The summed E-state index contributed by atoms with van der Waals surface area (Å²) in [5.74, 6) is 0.488. The molecule has 0 saturated heterocycles. The summed E-state index contributed by atoms with van der Waals surface area (Å²) < 4.78 is 6.12. The molecule has 1 aromatic heterocycles. The van der Waals surface area contributed by atoms with Crippen molar-refractivity contribution in [3.63, 3.8) is 0 Å². The summed E-state index contributed by atoms with van der Waals surface area (Å²) in [6.45, 7) is 0. The van der Waals surface area contributed by atoms with Gasteiger partial charge in [0.1, 0.15) is 11.3 Å². The molecule has 0 bridgehead atoms. The fraction of sp³-hybridized carbons (Fsp3) is 0.217. The second-order valence-corrected chi connectivity index (χ2v) is 6.83. The lowest BCUT2D eigenvalue weighted by Crippen LogP contribution is -2.15. The monoisotopic (exact) mass is 359 g/mol. The maximum absolute atomic E-state index is 12.6. The molecule has 0 radical (unpaired) electrons. The van der Waals surface area contributed by atoms with Gasteiger partial charge in [0.25, 0.3) is 0 Å². The van der Waals surface area contributed by atoms with Crippen LogP contribution in [0.25, 0.3) is 16.5 Å². The molecule has 0 aliphatic heterocycles. The Hall–Kier alpha value is -3.14. The summed E-state index contributed by atoms with van der Waals surface area (Å²) in [5.41, 5.74) is 3.00. The zero-order chi connectivity index (χ0) is 18.6. The molecule has 0 spiro atoms. The fourth-order valence-corrected chi connectivity index (χ4v) is 3.49. The largest absolute Gasteiger partial charge is 0.456 e. The summed E-state index contributed by atoms with van der Waals surface area (Å²) in [6, 6.07) is 16.3. The standard InChI is InChI=1S/C23H21NO3/c25-20-15-21(16-8-3-1-4-9-16)27-23-17(10-7-13-19(20)23)14-22(26)24-18-11-5-2-6-12-18/h2,5-8,10-13,15H,1,3-4,9,14H2,(H,24,26). The fourth-order valence-electron chi connectivity index (χ4n) is 3.49. The Balaban J connectivity index is 1.68. The van der Waals surface area contributed by atoms with Crippen molar-refractivity contribution in [3.05, 3.63) is 82.2 Å². The highest BCUT2D eigenvalue weighted by Gasteiger charge is 2.15. The van der Waals surface area contributed by atoms with Gasteiger partial charge in [0.2, 0.25) is 5.91 Å². The highest BCUT2D eigenvalue weighted by molar-refractivity contribution is 5.94. The predicted octanol–water partition coefficient (Wildman–Crippen LogP) is 4.93. The van der Waals surface area contributed by atoms with Crippen molar-refractivity contribution < 1.29 is 9.21 Å². The van der Waals surface area contributed by atoms with Crippen molar-refractivity contribution in [2.24, 2.45) is 0 Å². The van der Waals surface area contributed by atoms with Gasteiger partial charge in [-0.1, -0.05) is 36.4 Å². The van der Waals surface area contributed by atoms with E-state index in [-0.39, 0.29) is 17.8 Å². The lowest BCUT2D eigenvalue weighted by molar-refractivity contribution is -0.115. The van der Waals surface area contributed by atoms with Gasteiger partial charge in [0, 0.05) is 17.3 Å². The molecule has 0 unspecified atom stereocenters. The van der Waals surface area contributed by atoms with Crippen molar-refractivity contribution in [2.45, 2.75) is 32.1 Å². The number of anilines is 1. The van der Waals surface area contributed by atoms with Crippen LogP contribution in [0.15, 0.2) is 69.9 Å². The Bertz CT molecular complexity index is 1060. The zero-order valence-corrected chi connectivity index (χ0v) is 15.0. The first-order valence-corrected chi connectivity index (χ1v) is 9.31. The quantitative estimate of drug-likeness (QED) is 0.718. The first-order valence-electron chi connectivity index (χ1n) is 9.31. The topological polar surface area (TPSA) is 59.3 Å². The van der Waals surface area contributed by atoms with Gasteiger partial charge in [-0.15, -0.1) is 0 Å². The Morgan fingerprint density at radius 3 is 2.67 bits per heavy atom. The number of para-hydroxylation sites is 2. The van der Waals surface area contributed by atoms with Crippen molar-refractivity contribution in [1.82, 2.24) is 0 Å². The molecular weight excluding hydrogens is 338 g/mol. The van der Waals surface area contributed by atoms with Gasteiger partial charge >= 0.3 is 0 Å². The molecule has 1 aliphatic rings. The lowest BCUT2D eigenvalue weighted by atomic mass is 9.97. The Kier molecular flexibility index (Phi) is 4.88. The van der Waals surface area contributed by atoms with Gasteiger partial charge in [0.05, 0.1) is 11.8 Å². The van der Waals surface area contributed by atoms with E-state index in [0.717, 1.165) is 36.1 Å². The first kappa shape index (κ1) is 17.3. The van der Waals surface area contributed by atoms with Gasteiger partial charge in [-0.2, -0.15) is 0 Å². The number of nitrogens with one attached hydrogen (secondary N) is 1. The average Bonchev–Trinajstić information content (AvgIpc) is 2.70. The van der Waals surface area contributed by atoms with Crippen molar-refractivity contribution in [1.29, 1.82) is 0 Å². The number of carbonyl (C=O) groups is 1. The molecule has 136 valence electrons. The molecule has 4 heteroatoms. The van der Waals surface area contributed by atoms with Gasteiger partial charge in [-0.25, -0.2) is 0 Å². The molecule has 1 amide bonds. The number of rotatable bonds is 4. The van der Waals surface area contributed by atoms with Crippen LogP contribution in [-0.4, -0.2) is 5.91 Å². The molecular formula is C23H21NO3. The SMILES string of the molecule is O=C(Cc1cccc2c(=O)cc(C3=CCCCC3)oc12)Nc1ccccc1. The van der Waals surface area contributed by atoms with E-state index in [4.69, 9.17) is 4.42 Å². The van der Waals surface area contributed by atoms with E-state index in [9.17, 15) is 9.59 Å². The average molecular weight is 359 g/mol. The van der Waals surface area contributed by atoms with E-state index < -0.39 is 0 Å². The molecule has 1 N–H and O–H groups in total. The summed E-state index contributed by atoms with van der Waals surface area (Å²) in [4.78, 5) is 25.0. The van der Waals surface area contributed by atoms with Gasteiger partial charge in [-0.3, -0.25) is 9.59 Å². The van der Waals surface area contributed by atoms with Crippen molar-refractivity contribution >= 4 is 28.1 Å². The number of fused-ring (bicyclic) bond motifs is 1. The van der Waals surface area contributed by atoms with Crippen LogP contribution in [0.2, 0.25) is 0 Å². The van der Waals surface area contributed by atoms with Crippen molar-refractivity contribution in [3.8, 4) is 0 Å². The van der Waals surface area contributed by atoms with Gasteiger partial charge in [-0.05, 0) is 49.5 Å². The molecule has 27 heavy (non-hydrogen) atoms. The normalized spacial score (nSPS) is 14.0. The summed E-state index contributed by atoms with van der Waals surface area (Å²) in [5, 5.41) is 3.39. The maximum Gasteiger partial charge on any atom is 0.228 e. The number of amides is 1. The van der Waals surface area contributed by atoms with Crippen LogP contribution < -0.4 is 10.7 Å². The molecule has 0 atom stereocenters. The van der Waals surface area contributed by atoms with E-state index in [1.54, 1.807) is 18.2 Å².